The zero-order valence-corrected chi connectivity index (χ0v) is 10.2. The van der Waals surface area contributed by atoms with Crippen LogP contribution < -0.4 is 0 Å². The van der Waals surface area contributed by atoms with Gasteiger partial charge in [0.1, 0.15) is 5.78 Å². The van der Waals surface area contributed by atoms with Crippen molar-refractivity contribution in [1.29, 1.82) is 0 Å². The fourth-order valence-electron chi connectivity index (χ4n) is 1.54. The number of ketones is 1. The fourth-order valence-corrected chi connectivity index (χ4v) is 1.54. The van der Waals surface area contributed by atoms with Gasteiger partial charge in [-0.05, 0) is 33.1 Å². The second-order valence-corrected chi connectivity index (χ2v) is 4.26. The Morgan fingerprint density at radius 3 is 2.94 bits per heavy atom. The maximum absolute atomic E-state index is 10.7. The highest BCUT2D eigenvalue weighted by Crippen LogP contribution is 2.14. The molecule has 2 atom stereocenters. The molecular formula is C12H22O4. The van der Waals surface area contributed by atoms with E-state index in [4.69, 9.17) is 14.2 Å². The highest BCUT2D eigenvalue weighted by molar-refractivity contribution is 5.75. The summed E-state index contributed by atoms with van der Waals surface area (Å²) in [7, 11) is 0. The number of carbonyl (C=O) groups excluding carboxylic acids is 1. The average Bonchev–Trinajstić information content (AvgIpc) is 2.27. The number of hydrogen-bond acceptors (Lipinski definition) is 4. The lowest BCUT2D eigenvalue weighted by Gasteiger charge is -2.24. The normalized spacial score (nSPS) is 23.0. The van der Waals surface area contributed by atoms with Crippen molar-refractivity contribution in [2.45, 2.75) is 51.9 Å². The molecule has 0 bridgehead atoms. The van der Waals surface area contributed by atoms with E-state index in [0.29, 0.717) is 19.6 Å². The Balaban J connectivity index is 2.00. The van der Waals surface area contributed by atoms with Crippen LogP contribution in [0.15, 0.2) is 0 Å². The maximum atomic E-state index is 10.7. The second kappa shape index (κ2) is 7.76. The van der Waals surface area contributed by atoms with Crippen molar-refractivity contribution in [2.75, 3.05) is 19.8 Å². The lowest BCUT2D eigenvalue weighted by atomic mass is 10.2. The Morgan fingerprint density at radius 2 is 2.31 bits per heavy atom. The number of hydrogen-bond donors (Lipinski definition) is 0. The minimum absolute atomic E-state index is 0.0184. The van der Waals surface area contributed by atoms with Gasteiger partial charge in [0.25, 0.3) is 0 Å². The summed E-state index contributed by atoms with van der Waals surface area (Å²) in [4.78, 5) is 10.7. The van der Waals surface area contributed by atoms with E-state index in [1.54, 1.807) is 6.92 Å². The Bertz CT molecular complexity index is 199. The summed E-state index contributed by atoms with van der Waals surface area (Å²) in [5.74, 6) is 0.156. The molecule has 0 amide bonds. The third-order valence-electron chi connectivity index (χ3n) is 2.51. The third-order valence-corrected chi connectivity index (χ3v) is 2.51. The van der Waals surface area contributed by atoms with Crippen molar-refractivity contribution in [3.63, 3.8) is 0 Å². The van der Waals surface area contributed by atoms with Crippen molar-refractivity contribution >= 4 is 5.78 Å². The number of Topliss-reactive ketones (excluding diaryl/α,β-unsaturated/α-hetero) is 1. The molecule has 1 aliphatic heterocycles. The van der Waals surface area contributed by atoms with Gasteiger partial charge in [-0.25, -0.2) is 0 Å². The molecule has 1 unspecified atom stereocenters. The first kappa shape index (κ1) is 13.6. The van der Waals surface area contributed by atoms with Gasteiger partial charge in [-0.1, -0.05) is 0 Å². The van der Waals surface area contributed by atoms with Crippen LogP contribution in [0.5, 0.6) is 0 Å². The van der Waals surface area contributed by atoms with Gasteiger partial charge in [0.15, 0.2) is 6.29 Å². The van der Waals surface area contributed by atoms with E-state index in [0.717, 1.165) is 19.4 Å². The van der Waals surface area contributed by atoms with E-state index in [2.05, 4.69) is 0 Å². The smallest absolute Gasteiger partial charge is 0.157 e. The quantitative estimate of drug-likeness (QED) is 0.670. The first-order valence-electron chi connectivity index (χ1n) is 6.02. The van der Waals surface area contributed by atoms with Crippen molar-refractivity contribution in [3.8, 4) is 0 Å². The minimum Gasteiger partial charge on any atom is -0.376 e. The van der Waals surface area contributed by atoms with Crippen molar-refractivity contribution < 1.29 is 19.0 Å². The van der Waals surface area contributed by atoms with Crippen LogP contribution in [-0.4, -0.2) is 38.0 Å². The molecule has 1 saturated heterocycles. The Labute approximate surface area is 97.2 Å². The number of ether oxygens (including phenoxy) is 3. The van der Waals surface area contributed by atoms with Crippen LogP contribution in [0.4, 0.5) is 0 Å². The molecule has 0 N–H and O–H groups in total. The van der Waals surface area contributed by atoms with Crippen LogP contribution >= 0.6 is 0 Å². The topological polar surface area (TPSA) is 44.8 Å². The molecule has 4 heteroatoms. The Hall–Kier alpha value is -0.450. The standard InChI is InChI=1S/C12H22O4/c1-10(13)6-8-14-11(2)9-16-12-5-3-4-7-15-12/h11-12H,3-9H2,1-2H3/t11-,12?/m1/s1. The summed E-state index contributed by atoms with van der Waals surface area (Å²) in [5.41, 5.74) is 0. The fraction of sp³-hybridized carbons (Fsp3) is 0.917. The summed E-state index contributed by atoms with van der Waals surface area (Å²) in [6.07, 6.45) is 3.71. The predicted octanol–water partition coefficient (Wildman–Crippen LogP) is 1.91. The summed E-state index contributed by atoms with van der Waals surface area (Å²) in [6, 6.07) is 0. The summed E-state index contributed by atoms with van der Waals surface area (Å²) < 4.78 is 16.5. The molecule has 4 nitrogen and oxygen atoms in total. The Morgan fingerprint density at radius 1 is 1.50 bits per heavy atom. The molecule has 1 rings (SSSR count). The molecule has 0 aromatic heterocycles. The van der Waals surface area contributed by atoms with E-state index in [9.17, 15) is 4.79 Å². The molecule has 16 heavy (non-hydrogen) atoms. The van der Waals surface area contributed by atoms with E-state index in [1.807, 2.05) is 6.92 Å². The summed E-state index contributed by atoms with van der Waals surface area (Å²) >= 11 is 0. The molecule has 1 fully saturated rings. The van der Waals surface area contributed by atoms with Gasteiger partial charge in [-0.2, -0.15) is 0 Å². The molecular weight excluding hydrogens is 208 g/mol. The van der Waals surface area contributed by atoms with Crippen LogP contribution in [-0.2, 0) is 19.0 Å². The van der Waals surface area contributed by atoms with Gasteiger partial charge in [0.2, 0.25) is 0 Å². The van der Waals surface area contributed by atoms with Crippen molar-refractivity contribution in [3.05, 3.63) is 0 Å². The molecule has 94 valence electrons. The molecule has 0 aromatic carbocycles. The monoisotopic (exact) mass is 230 g/mol. The zero-order valence-electron chi connectivity index (χ0n) is 10.2. The molecule has 0 aliphatic carbocycles. The van der Waals surface area contributed by atoms with Gasteiger partial charge >= 0.3 is 0 Å². The lowest BCUT2D eigenvalue weighted by molar-refractivity contribution is -0.178. The maximum Gasteiger partial charge on any atom is 0.157 e. The van der Waals surface area contributed by atoms with Gasteiger partial charge in [-0.3, -0.25) is 4.79 Å². The Kier molecular flexibility index (Phi) is 6.61. The average molecular weight is 230 g/mol. The first-order valence-corrected chi connectivity index (χ1v) is 6.02. The number of rotatable bonds is 7. The summed E-state index contributed by atoms with van der Waals surface area (Å²) in [5, 5.41) is 0. The van der Waals surface area contributed by atoms with Gasteiger partial charge in [-0.15, -0.1) is 0 Å². The minimum atomic E-state index is -0.0624. The van der Waals surface area contributed by atoms with Crippen LogP contribution in [0.3, 0.4) is 0 Å². The lowest BCUT2D eigenvalue weighted by Crippen LogP contribution is -2.27. The largest absolute Gasteiger partial charge is 0.376 e. The highest BCUT2D eigenvalue weighted by Gasteiger charge is 2.15. The first-order chi connectivity index (χ1) is 7.68. The summed E-state index contributed by atoms with van der Waals surface area (Å²) in [6.45, 7) is 5.32. The highest BCUT2D eigenvalue weighted by atomic mass is 16.7. The van der Waals surface area contributed by atoms with Gasteiger partial charge < -0.3 is 14.2 Å². The van der Waals surface area contributed by atoms with E-state index in [-0.39, 0.29) is 18.2 Å². The SMILES string of the molecule is CC(=O)CCO[C@H](C)COC1CCCCO1. The molecule has 1 aliphatic rings. The molecule has 0 saturated carbocycles. The van der Waals surface area contributed by atoms with E-state index >= 15 is 0 Å². The zero-order chi connectivity index (χ0) is 11.8. The molecule has 0 aromatic rings. The van der Waals surface area contributed by atoms with Crippen LogP contribution in [0, 0.1) is 0 Å². The van der Waals surface area contributed by atoms with Gasteiger partial charge in [0.05, 0.1) is 19.3 Å². The van der Waals surface area contributed by atoms with E-state index in [1.165, 1.54) is 6.42 Å². The van der Waals surface area contributed by atoms with Crippen LogP contribution in [0.25, 0.3) is 0 Å². The van der Waals surface area contributed by atoms with Gasteiger partial charge in [0, 0.05) is 13.0 Å². The third kappa shape index (κ3) is 6.20. The number of carbonyl (C=O) groups is 1. The van der Waals surface area contributed by atoms with Crippen molar-refractivity contribution in [1.82, 2.24) is 0 Å². The molecule has 1 heterocycles. The van der Waals surface area contributed by atoms with Crippen LogP contribution in [0.1, 0.15) is 39.5 Å². The van der Waals surface area contributed by atoms with E-state index < -0.39 is 0 Å². The molecule has 0 spiro atoms. The van der Waals surface area contributed by atoms with Crippen molar-refractivity contribution in [2.24, 2.45) is 0 Å². The second-order valence-electron chi connectivity index (χ2n) is 4.26. The van der Waals surface area contributed by atoms with Crippen LogP contribution in [0.2, 0.25) is 0 Å². The predicted molar refractivity (Wildman–Crippen MR) is 60.3 cm³/mol. The molecule has 0 radical (unpaired) electrons.